The molecule has 0 saturated carbocycles. The Labute approximate surface area is 197 Å². The predicted octanol–water partition coefficient (Wildman–Crippen LogP) is 4.18. The quantitative estimate of drug-likeness (QED) is 0.549. The third kappa shape index (κ3) is 5.17. The minimum atomic E-state index is -0.938. The van der Waals surface area contributed by atoms with Crippen LogP contribution in [0.15, 0.2) is 54.7 Å². The van der Waals surface area contributed by atoms with E-state index in [0.29, 0.717) is 54.1 Å². The molecule has 0 saturated heterocycles. The standard InChI is InChI=1S/C26H26FN3O4/c1-2-34-24-9-6-17(14-25(31)32)13-21(24)19-7-8-23(27)20-10-12-30(16-22(19)20)26(33)29-15-18-5-3-4-11-28-18/h3-9,11,13H,2,10,12,14-16H2,1H3,(H,29,33)(H,31,32). The molecule has 0 unspecified atom stereocenters. The molecule has 34 heavy (non-hydrogen) atoms. The van der Waals surface area contributed by atoms with E-state index in [1.54, 1.807) is 35.4 Å². The van der Waals surface area contributed by atoms with E-state index in [1.807, 2.05) is 25.1 Å². The Morgan fingerprint density at radius 3 is 2.74 bits per heavy atom. The highest BCUT2D eigenvalue weighted by atomic mass is 19.1. The smallest absolute Gasteiger partial charge is 0.318 e. The number of carboxylic acids is 1. The Balaban J connectivity index is 1.65. The van der Waals surface area contributed by atoms with Gasteiger partial charge >= 0.3 is 12.0 Å². The summed E-state index contributed by atoms with van der Waals surface area (Å²) in [5, 5.41) is 12.1. The fourth-order valence-corrected chi connectivity index (χ4v) is 4.19. The van der Waals surface area contributed by atoms with Gasteiger partial charge in [-0.15, -0.1) is 0 Å². The minimum Gasteiger partial charge on any atom is -0.493 e. The van der Waals surface area contributed by atoms with Crippen LogP contribution in [0.3, 0.4) is 0 Å². The number of pyridine rings is 1. The van der Waals surface area contributed by atoms with Crippen molar-refractivity contribution in [2.75, 3.05) is 13.2 Å². The molecule has 0 spiro atoms. The first-order valence-corrected chi connectivity index (χ1v) is 11.2. The van der Waals surface area contributed by atoms with Crippen LogP contribution < -0.4 is 10.1 Å². The summed E-state index contributed by atoms with van der Waals surface area (Å²) in [7, 11) is 0. The highest BCUT2D eigenvalue weighted by Crippen LogP contribution is 2.38. The van der Waals surface area contributed by atoms with Crippen molar-refractivity contribution in [1.29, 1.82) is 0 Å². The van der Waals surface area contributed by atoms with E-state index in [1.165, 1.54) is 6.07 Å². The second kappa shape index (κ2) is 10.3. The molecule has 0 radical (unpaired) electrons. The zero-order chi connectivity index (χ0) is 24.1. The number of nitrogens with zero attached hydrogens (tertiary/aromatic N) is 2. The van der Waals surface area contributed by atoms with Gasteiger partial charge in [0, 0.05) is 24.8 Å². The Hall–Kier alpha value is -3.94. The first kappa shape index (κ1) is 23.2. The molecule has 0 bridgehead atoms. The van der Waals surface area contributed by atoms with Crippen LogP contribution in [0.25, 0.3) is 11.1 Å². The van der Waals surface area contributed by atoms with Crippen molar-refractivity contribution in [3.63, 3.8) is 0 Å². The molecule has 2 N–H and O–H groups in total. The minimum absolute atomic E-state index is 0.134. The van der Waals surface area contributed by atoms with E-state index in [2.05, 4.69) is 10.3 Å². The average Bonchev–Trinajstić information content (AvgIpc) is 2.84. The van der Waals surface area contributed by atoms with E-state index in [0.717, 1.165) is 11.3 Å². The van der Waals surface area contributed by atoms with Gasteiger partial charge in [0.2, 0.25) is 0 Å². The summed E-state index contributed by atoms with van der Waals surface area (Å²) in [4.78, 5) is 30.0. The van der Waals surface area contributed by atoms with Gasteiger partial charge in [-0.05, 0) is 65.9 Å². The van der Waals surface area contributed by atoms with Crippen molar-refractivity contribution in [1.82, 2.24) is 15.2 Å². The average molecular weight is 464 g/mol. The first-order valence-electron chi connectivity index (χ1n) is 11.2. The lowest BCUT2D eigenvalue weighted by Crippen LogP contribution is -2.43. The fraction of sp³-hybridized carbons (Fsp3) is 0.269. The zero-order valence-corrected chi connectivity index (χ0v) is 18.9. The number of fused-ring (bicyclic) bond motifs is 1. The highest BCUT2D eigenvalue weighted by molar-refractivity contribution is 5.79. The summed E-state index contributed by atoms with van der Waals surface area (Å²) in [6.07, 6.45) is 1.91. The molecule has 0 atom stereocenters. The van der Waals surface area contributed by atoms with E-state index in [9.17, 15) is 19.1 Å². The second-order valence-corrected chi connectivity index (χ2v) is 8.04. The van der Waals surface area contributed by atoms with Gasteiger partial charge in [-0.3, -0.25) is 9.78 Å². The number of carbonyl (C=O) groups excluding carboxylic acids is 1. The fourth-order valence-electron chi connectivity index (χ4n) is 4.19. The van der Waals surface area contributed by atoms with Crippen molar-refractivity contribution >= 4 is 12.0 Å². The van der Waals surface area contributed by atoms with Crippen LogP contribution in [0.5, 0.6) is 5.75 Å². The van der Waals surface area contributed by atoms with Crippen LogP contribution in [0.1, 0.15) is 29.3 Å². The zero-order valence-electron chi connectivity index (χ0n) is 18.9. The van der Waals surface area contributed by atoms with E-state index < -0.39 is 5.97 Å². The number of halogens is 1. The van der Waals surface area contributed by atoms with Gasteiger partial charge in [-0.2, -0.15) is 0 Å². The molecule has 0 fully saturated rings. The van der Waals surface area contributed by atoms with Gasteiger partial charge in [0.25, 0.3) is 0 Å². The third-order valence-corrected chi connectivity index (χ3v) is 5.78. The summed E-state index contributed by atoms with van der Waals surface area (Å²) in [5.74, 6) is -0.666. The molecule has 8 heteroatoms. The third-order valence-electron chi connectivity index (χ3n) is 5.78. The number of nitrogens with one attached hydrogen (secondary N) is 1. The van der Waals surface area contributed by atoms with Gasteiger partial charge in [0.1, 0.15) is 11.6 Å². The summed E-state index contributed by atoms with van der Waals surface area (Å²) in [6, 6.07) is 13.6. The van der Waals surface area contributed by atoms with Crippen LogP contribution in [0.2, 0.25) is 0 Å². The van der Waals surface area contributed by atoms with Gasteiger partial charge in [0.05, 0.1) is 25.3 Å². The summed E-state index contributed by atoms with van der Waals surface area (Å²) < 4.78 is 20.5. The number of aromatic nitrogens is 1. The van der Waals surface area contributed by atoms with Crippen LogP contribution >= 0.6 is 0 Å². The molecule has 1 aliphatic heterocycles. The van der Waals surface area contributed by atoms with Gasteiger partial charge < -0.3 is 20.1 Å². The topological polar surface area (TPSA) is 91.8 Å². The summed E-state index contributed by atoms with van der Waals surface area (Å²) in [5.41, 5.74) is 4.05. The van der Waals surface area contributed by atoms with Crippen LogP contribution in [-0.2, 0) is 30.7 Å². The number of urea groups is 1. The van der Waals surface area contributed by atoms with Crippen molar-refractivity contribution < 1.29 is 23.8 Å². The molecular weight excluding hydrogens is 437 g/mol. The van der Waals surface area contributed by atoms with Gasteiger partial charge in [-0.1, -0.05) is 18.2 Å². The Bertz CT molecular complexity index is 1200. The molecule has 176 valence electrons. The van der Waals surface area contributed by atoms with E-state index >= 15 is 0 Å². The first-order chi connectivity index (χ1) is 16.5. The number of hydrogen-bond acceptors (Lipinski definition) is 4. The van der Waals surface area contributed by atoms with Crippen molar-refractivity contribution in [3.8, 4) is 16.9 Å². The molecule has 7 nitrogen and oxygen atoms in total. The molecule has 2 aromatic carbocycles. The second-order valence-electron chi connectivity index (χ2n) is 8.04. The maximum absolute atomic E-state index is 14.7. The van der Waals surface area contributed by atoms with Crippen molar-refractivity contribution in [3.05, 3.63) is 82.9 Å². The monoisotopic (exact) mass is 463 g/mol. The lowest BCUT2D eigenvalue weighted by Gasteiger charge is -2.31. The van der Waals surface area contributed by atoms with Gasteiger partial charge in [-0.25, -0.2) is 9.18 Å². The molecule has 1 aliphatic rings. The maximum Gasteiger partial charge on any atom is 0.318 e. The lowest BCUT2D eigenvalue weighted by atomic mass is 9.89. The number of carbonyl (C=O) groups is 2. The molecular formula is C26H26FN3O4. The van der Waals surface area contributed by atoms with Gasteiger partial charge in [0.15, 0.2) is 0 Å². The molecule has 4 rings (SSSR count). The Morgan fingerprint density at radius 1 is 1.15 bits per heavy atom. The molecule has 2 amide bonds. The molecule has 2 heterocycles. The maximum atomic E-state index is 14.7. The highest BCUT2D eigenvalue weighted by Gasteiger charge is 2.26. The van der Waals surface area contributed by atoms with E-state index in [-0.39, 0.29) is 24.8 Å². The lowest BCUT2D eigenvalue weighted by molar-refractivity contribution is -0.136. The molecule has 1 aromatic heterocycles. The van der Waals surface area contributed by atoms with Crippen molar-refractivity contribution in [2.45, 2.75) is 32.9 Å². The number of benzene rings is 2. The largest absolute Gasteiger partial charge is 0.493 e. The summed E-state index contributed by atoms with van der Waals surface area (Å²) in [6.45, 7) is 3.20. The SMILES string of the molecule is CCOc1ccc(CC(=O)O)cc1-c1ccc(F)c2c1CN(C(=O)NCc1ccccn1)CC2. The molecule has 0 aliphatic carbocycles. The van der Waals surface area contributed by atoms with Crippen LogP contribution in [0, 0.1) is 5.82 Å². The Kier molecular flexibility index (Phi) is 7.06. The summed E-state index contributed by atoms with van der Waals surface area (Å²) >= 11 is 0. The predicted molar refractivity (Wildman–Crippen MR) is 125 cm³/mol. The Morgan fingerprint density at radius 2 is 2.00 bits per heavy atom. The van der Waals surface area contributed by atoms with E-state index in [4.69, 9.17) is 4.74 Å². The van der Waals surface area contributed by atoms with Crippen molar-refractivity contribution in [2.24, 2.45) is 0 Å². The number of rotatable bonds is 7. The number of amides is 2. The number of ether oxygens (including phenoxy) is 1. The number of aliphatic carboxylic acids is 1. The number of carboxylic acid groups (broad SMARTS) is 1. The number of hydrogen-bond donors (Lipinski definition) is 2. The normalized spacial score (nSPS) is 12.7. The van der Waals surface area contributed by atoms with Crippen LogP contribution in [-0.4, -0.2) is 40.1 Å². The molecule has 3 aromatic rings. The van der Waals surface area contributed by atoms with Crippen LogP contribution in [0.4, 0.5) is 9.18 Å².